The van der Waals surface area contributed by atoms with E-state index in [1.54, 1.807) is 12.1 Å². The molecule has 24 heavy (non-hydrogen) atoms. The molecule has 0 saturated heterocycles. The summed E-state index contributed by atoms with van der Waals surface area (Å²) in [6, 6.07) is 8.11. The number of aliphatic hydroxyl groups excluding tert-OH is 2. The van der Waals surface area contributed by atoms with Crippen LogP contribution in [0.5, 0.6) is 0 Å². The van der Waals surface area contributed by atoms with Crippen LogP contribution < -0.4 is 5.06 Å². The Morgan fingerprint density at radius 2 is 1.88 bits per heavy atom. The number of aryl methyl sites for hydroxylation is 1. The van der Waals surface area contributed by atoms with E-state index in [-0.39, 0.29) is 16.8 Å². The van der Waals surface area contributed by atoms with Gasteiger partial charge in [-0.05, 0) is 81.3 Å². The molecule has 130 valence electrons. The molecule has 0 spiro atoms. The summed E-state index contributed by atoms with van der Waals surface area (Å²) in [7, 11) is 0. The molecule has 2 aromatic rings. The average molecular weight is 514 g/mol. The van der Waals surface area contributed by atoms with Gasteiger partial charge in [0.25, 0.3) is 0 Å². The van der Waals surface area contributed by atoms with Crippen LogP contribution in [0, 0.1) is 22.1 Å². The Balaban J connectivity index is 2.48. The highest BCUT2D eigenvalue weighted by Gasteiger charge is 2.22. The number of rotatable bonds is 6. The summed E-state index contributed by atoms with van der Waals surface area (Å²) in [5.41, 5.74) is 1.15. The van der Waals surface area contributed by atoms with Crippen molar-refractivity contribution in [1.29, 1.82) is 0 Å². The zero-order valence-electron chi connectivity index (χ0n) is 12.6. The van der Waals surface area contributed by atoms with Gasteiger partial charge in [-0.1, -0.05) is 0 Å². The first-order valence-corrected chi connectivity index (χ1v) is 8.84. The van der Waals surface area contributed by atoms with Gasteiger partial charge in [-0.15, -0.1) is 0 Å². The zero-order chi connectivity index (χ0) is 17.9. The van der Waals surface area contributed by atoms with E-state index in [2.05, 4.69) is 38.5 Å². The third-order valence-electron chi connectivity index (χ3n) is 3.22. The number of halogens is 4. The molecule has 8 heteroatoms. The van der Waals surface area contributed by atoms with Gasteiger partial charge in [0.1, 0.15) is 18.4 Å². The highest BCUT2D eigenvalue weighted by molar-refractivity contribution is 14.1. The molecule has 0 amide bonds. The topological polar surface area (TPSA) is 52.9 Å². The fraction of sp³-hybridized carbons (Fsp3) is 0.250. The monoisotopic (exact) mass is 513 g/mol. The molecular formula is C16H15BrF2INO3. The first-order chi connectivity index (χ1) is 11.3. The molecular weight excluding hydrogens is 499 g/mol. The molecule has 2 N–H and O–H groups in total. The van der Waals surface area contributed by atoms with Crippen LogP contribution in [0.3, 0.4) is 0 Å². The van der Waals surface area contributed by atoms with Gasteiger partial charge in [-0.2, -0.15) is 0 Å². The van der Waals surface area contributed by atoms with Crippen molar-refractivity contribution in [3.8, 4) is 0 Å². The van der Waals surface area contributed by atoms with E-state index in [4.69, 9.17) is 9.94 Å². The summed E-state index contributed by atoms with van der Waals surface area (Å²) >= 11 is 5.08. The second-order valence-electron chi connectivity index (χ2n) is 5.05. The summed E-state index contributed by atoms with van der Waals surface area (Å²) < 4.78 is 29.3. The van der Waals surface area contributed by atoms with Gasteiger partial charge in [-0.3, -0.25) is 4.84 Å². The van der Waals surface area contributed by atoms with Crippen molar-refractivity contribution in [2.45, 2.75) is 13.0 Å². The van der Waals surface area contributed by atoms with E-state index >= 15 is 0 Å². The lowest BCUT2D eigenvalue weighted by Crippen LogP contribution is -2.28. The van der Waals surface area contributed by atoms with Gasteiger partial charge in [0.05, 0.1) is 16.8 Å². The van der Waals surface area contributed by atoms with Crippen molar-refractivity contribution >= 4 is 49.9 Å². The van der Waals surface area contributed by atoms with Crippen molar-refractivity contribution in [3.63, 3.8) is 0 Å². The van der Waals surface area contributed by atoms with Crippen LogP contribution >= 0.6 is 38.5 Å². The Morgan fingerprint density at radius 1 is 1.21 bits per heavy atom. The molecule has 2 rings (SSSR count). The molecule has 2 aromatic carbocycles. The van der Waals surface area contributed by atoms with E-state index in [1.165, 1.54) is 12.1 Å². The molecule has 0 aliphatic carbocycles. The van der Waals surface area contributed by atoms with Crippen LogP contribution in [-0.2, 0) is 4.84 Å². The Labute approximate surface area is 160 Å². The van der Waals surface area contributed by atoms with E-state index in [1.807, 2.05) is 13.0 Å². The molecule has 0 heterocycles. The predicted octanol–water partition coefficient (Wildman–Crippen LogP) is 4.06. The molecule has 0 aliphatic rings. The average Bonchev–Trinajstić information content (AvgIpc) is 2.55. The van der Waals surface area contributed by atoms with E-state index in [9.17, 15) is 13.9 Å². The normalized spacial score (nSPS) is 12.3. The molecule has 0 aliphatic heterocycles. The smallest absolute Gasteiger partial charge is 0.186 e. The number of nitrogens with zero attached hydrogens (tertiary/aromatic N) is 1. The minimum absolute atomic E-state index is 0.00146. The lowest BCUT2D eigenvalue weighted by molar-refractivity contribution is 0.00557. The zero-order valence-corrected chi connectivity index (χ0v) is 16.4. The predicted molar refractivity (Wildman–Crippen MR) is 99.1 cm³/mol. The van der Waals surface area contributed by atoms with Gasteiger partial charge >= 0.3 is 0 Å². The van der Waals surface area contributed by atoms with Gasteiger partial charge in [-0.25, -0.2) is 13.8 Å². The lowest BCUT2D eigenvalue weighted by Gasteiger charge is -2.27. The van der Waals surface area contributed by atoms with Crippen LogP contribution in [0.1, 0.15) is 5.56 Å². The summed E-state index contributed by atoms with van der Waals surface area (Å²) in [5, 5.41) is 19.5. The number of benzene rings is 2. The molecule has 1 unspecified atom stereocenters. The van der Waals surface area contributed by atoms with Crippen molar-refractivity contribution in [1.82, 2.24) is 0 Å². The Kier molecular flexibility index (Phi) is 6.93. The minimum atomic E-state index is -1.14. The first-order valence-electron chi connectivity index (χ1n) is 6.96. The second-order valence-corrected chi connectivity index (χ2v) is 7.15. The van der Waals surface area contributed by atoms with Crippen molar-refractivity contribution < 1.29 is 23.8 Å². The number of hydrogen-bond donors (Lipinski definition) is 2. The first kappa shape index (κ1) is 19.5. The van der Waals surface area contributed by atoms with Gasteiger partial charge < -0.3 is 10.2 Å². The van der Waals surface area contributed by atoms with Crippen LogP contribution in [0.2, 0.25) is 0 Å². The standard InChI is InChI=1S/C16H15BrF2INO3/c1-9-6-10(20)2-4-13(9)21(24-8-11(23)7-22)14-5-3-12(17)15(18)16(14)19/h2-6,11,22-23H,7-8H2,1H3. The summed E-state index contributed by atoms with van der Waals surface area (Å²) in [6.45, 7) is 1.03. The number of hydrogen-bond acceptors (Lipinski definition) is 4. The summed E-state index contributed by atoms with van der Waals surface area (Å²) in [6.07, 6.45) is -1.14. The van der Waals surface area contributed by atoms with Crippen LogP contribution in [0.25, 0.3) is 0 Å². The van der Waals surface area contributed by atoms with Gasteiger partial charge in [0.15, 0.2) is 11.6 Å². The Hall–Kier alpha value is -0.810. The highest BCUT2D eigenvalue weighted by atomic mass is 127. The quantitative estimate of drug-likeness (QED) is 0.347. The minimum Gasteiger partial charge on any atom is -0.394 e. The van der Waals surface area contributed by atoms with Crippen LogP contribution in [0.15, 0.2) is 34.8 Å². The molecule has 0 radical (unpaired) electrons. The highest BCUT2D eigenvalue weighted by Crippen LogP contribution is 2.34. The van der Waals surface area contributed by atoms with Gasteiger partial charge in [0, 0.05) is 3.57 Å². The maximum Gasteiger partial charge on any atom is 0.186 e. The fourth-order valence-corrected chi connectivity index (χ4v) is 2.95. The Morgan fingerprint density at radius 3 is 2.50 bits per heavy atom. The number of aliphatic hydroxyl groups is 2. The maximum absolute atomic E-state index is 14.4. The molecule has 0 saturated carbocycles. The molecule has 0 aromatic heterocycles. The van der Waals surface area contributed by atoms with Crippen LogP contribution in [-0.4, -0.2) is 29.5 Å². The SMILES string of the molecule is Cc1cc(I)ccc1N(OCC(O)CO)c1ccc(Br)c(F)c1F. The lowest BCUT2D eigenvalue weighted by atomic mass is 10.2. The van der Waals surface area contributed by atoms with Crippen LogP contribution in [0.4, 0.5) is 20.2 Å². The number of anilines is 2. The Bertz CT molecular complexity index is 733. The van der Waals surface area contributed by atoms with E-state index in [0.29, 0.717) is 5.69 Å². The van der Waals surface area contributed by atoms with Gasteiger partial charge in [0.2, 0.25) is 0 Å². The molecule has 4 nitrogen and oxygen atoms in total. The maximum atomic E-state index is 14.4. The molecule has 0 bridgehead atoms. The summed E-state index contributed by atoms with van der Waals surface area (Å²) in [4.78, 5) is 5.46. The second kappa shape index (κ2) is 8.52. The van der Waals surface area contributed by atoms with E-state index < -0.39 is 24.3 Å². The van der Waals surface area contributed by atoms with E-state index in [0.717, 1.165) is 14.2 Å². The third-order valence-corrected chi connectivity index (χ3v) is 4.50. The van der Waals surface area contributed by atoms with Crippen molar-refractivity contribution in [2.75, 3.05) is 18.3 Å². The van der Waals surface area contributed by atoms with Crippen molar-refractivity contribution in [3.05, 3.63) is 55.6 Å². The molecule has 1 atom stereocenters. The third kappa shape index (κ3) is 4.42. The van der Waals surface area contributed by atoms with Crippen molar-refractivity contribution in [2.24, 2.45) is 0 Å². The largest absolute Gasteiger partial charge is 0.394 e. The fourth-order valence-electron chi connectivity index (χ4n) is 2.00. The molecule has 0 fully saturated rings. The summed E-state index contributed by atoms with van der Waals surface area (Å²) in [5.74, 6) is -2.12.